The predicted molar refractivity (Wildman–Crippen MR) is 52.2 cm³/mol. The lowest BCUT2D eigenvalue weighted by atomic mass is 10.6. The van der Waals surface area contributed by atoms with Gasteiger partial charge in [-0.15, -0.1) is 0 Å². The van der Waals surface area contributed by atoms with E-state index >= 15 is 0 Å². The average molecular weight is 218 g/mol. The van der Waals surface area contributed by atoms with Gasteiger partial charge in [-0.1, -0.05) is 10.3 Å². The van der Waals surface area contributed by atoms with Crippen molar-refractivity contribution in [3.63, 3.8) is 0 Å². The van der Waals surface area contributed by atoms with Crippen LogP contribution in [0.1, 0.15) is 13.8 Å². The number of nitrogens with one attached hydrogen (secondary N) is 1. The van der Waals surface area contributed by atoms with Crippen LogP contribution in [-0.4, -0.2) is 39.7 Å². The highest BCUT2D eigenvalue weighted by atomic mass is 32.1. The van der Waals surface area contributed by atoms with Crippen LogP contribution in [0.2, 0.25) is 0 Å². The predicted octanol–water partition coefficient (Wildman–Crippen LogP) is 0.735. The third-order valence-electron chi connectivity index (χ3n) is 1.57. The summed E-state index contributed by atoms with van der Waals surface area (Å²) in [6.07, 6.45) is -0.307. The smallest absolute Gasteiger partial charge is 0.238 e. The fraction of sp³-hybridized carbons (Fsp3) is 0.857. The molecule has 0 saturated carbocycles. The minimum Gasteiger partial charge on any atom is -0.351 e. The molecule has 1 aromatic heterocycles. The van der Waals surface area contributed by atoms with Crippen molar-refractivity contribution in [3.8, 4) is 0 Å². The lowest BCUT2D eigenvalue weighted by Gasteiger charge is -2.16. The second-order valence-corrected chi connectivity index (χ2v) is 2.90. The molecule has 1 aromatic rings. The van der Waals surface area contributed by atoms with E-state index in [1.54, 1.807) is 4.68 Å². The summed E-state index contributed by atoms with van der Waals surface area (Å²) in [6.45, 7) is 5.50. The molecule has 0 saturated heterocycles. The van der Waals surface area contributed by atoms with E-state index in [0.717, 1.165) is 0 Å². The SMILES string of the molecule is CCOC(Cn1[nH]nnc1=S)OCC. The molecule has 0 amide bonds. The maximum absolute atomic E-state index is 5.35. The van der Waals surface area contributed by atoms with Gasteiger partial charge in [0.15, 0.2) is 6.29 Å². The lowest BCUT2D eigenvalue weighted by Crippen LogP contribution is -2.24. The molecule has 0 spiro atoms. The Morgan fingerprint density at radius 3 is 2.50 bits per heavy atom. The van der Waals surface area contributed by atoms with Gasteiger partial charge in [0.2, 0.25) is 4.77 Å². The number of tetrazole rings is 1. The van der Waals surface area contributed by atoms with E-state index in [-0.39, 0.29) is 6.29 Å². The fourth-order valence-electron chi connectivity index (χ4n) is 1.01. The standard InChI is InChI=1S/C7H14N4O2S/c1-3-12-6(13-4-2)5-11-7(14)8-9-10-11/h6H,3-5H2,1-2H3,(H,8,10,14). The van der Waals surface area contributed by atoms with Crippen LogP contribution < -0.4 is 0 Å². The normalized spacial score (nSPS) is 11.1. The van der Waals surface area contributed by atoms with E-state index in [1.807, 2.05) is 13.8 Å². The van der Waals surface area contributed by atoms with Crippen molar-refractivity contribution in [1.82, 2.24) is 20.2 Å². The number of hydrogen-bond donors (Lipinski definition) is 1. The summed E-state index contributed by atoms with van der Waals surface area (Å²) >= 11 is 4.92. The van der Waals surface area contributed by atoms with Crippen molar-refractivity contribution in [2.24, 2.45) is 0 Å². The Morgan fingerprint density at radius 2 is 2.07 bits per heavy atom. The maximum Gasteiger partial charge on any atom is 0.238 e. The maximum atomic E-state index is 5.35. The van der Waals surface area contributed by atoms with Crippen molar-refractivity contribution in [3.05, 3.63) is 4.77 Å². The average Bonchev–Trinajstić information content (AvgIpc) is 2.53. The summed E-state index contributed by atoms with van der Waals surface area (Å²) in [4.78, 5) is 0. The van der Waals surface area contributed by atoms with Crippen molar-refractivity contribution >= 4 is 12.2 Å². The summed E-state index contributed by atoms with van der Waals surface area (Å²) in [5.41, 5.74) is 0. The fourth-order valence-corrected chi connectivity index (χ4v) is 1.17. The molecule has 1 N–H and O–H groups in total. The van der Waals surface area contributed by atoms with Crippen LogP contribution in [0.3, 0.4) is 0 Å². The zero-order chi connectivity index (χ0) is 10.4. The number of ether oxygens (including phenoxy) is 2. The number of nitrogens with zero attached hydrogens (tertiary/aromatic N) is 3. The van der Waals surface area contributed by atoms with Crippen LogP contribution in [0.15, 0.2) is 0 Å². The van der Waals surface area contributed by atoms with Crippen LogP contribution in [0, 0.1) is 4.77 Å². The van der Waals surface area contributed by atoms with Crippen LogP contribution >= 0.6 is 12.2 Å². The molecule has 14 heavy (non-hydrogen) atoms. The number of hydrogen-bond acceptors (Lipinski definition) is 5. The monoisotopic (exact) mass is 218 g/mol. The molecule has 7 heteroatoms. The van der Waals surface area contributed by atoms with Gasteiger partial charge < -0.3 is 9.47 Å². The van der Waals surface area contributed by atoms with Gasteiger partial charge in [0.05, 0.1) is 6.54 Å². The highest BCUT2D eigenvalue weighted by Crippen LogP contribution is 1.98. The Morgan fingerprint density at radius 1 is 1.43 bits per heavy atom. The van der Waals surface area contributed by atoms with Crippen molar-refractivity contribution < 1.29 is 9.47 Å². The molecule has 0 aliphatic heterocycles. The quantitative estimate of drug-likeness (QED) is 0.563. The Kier molecular flexibility index (Phi) is 4.71. The van der Waals surface area contributed by atoms with Gasteiger partial charge in [-0.3, -0.25) is 0 Å². The van der Waals surface area contributed by atoms with E-state index in [4.69, 9.17) is 21.7 Å². The molecule has 0 bridgehead atoms. The molecule has 1 rings (SSSR count). The third kappa shape index (κ3) is 3.17. The topological polar surface area (TPSA) is 65.0 Å². The zero-order valence-corrected chi connectivity index (χ0v) is 9.08. The van der Waals surface area contributed by atoms with Gasteiger partial charge in [0.25, 0.3) is 0 Å². The summed E-state index contributed by atoms with van der Waals surface area (Å²) < 4.78 is 12.7. The number of rotatable bonds is 6. The van der Waals surface area contributed by atoms with Gasteiger partial charge in [-0.25, -0.2) is 4.68 Å². The van der Waals surface area contributed by atoms with Crippen LogP contribution in [-0.2, 0) is 16.0 Å². The van der Waals surface area contributed by atoms with Gasteiger partial charge >= 0.3 is 0 Å². The zero-order valence-electron chi connectivity index (χ0n) is 8.27. The molecule has 0 radical (unpaired) electrons. The summed E-state index contributed by atoms with van der Waals surface area (Å²) in [5.74, 6) is 0. The number of aromatic amines is 1. The van der Waals surface area contributed by atoms with Gasteiger partial charge in [0.1, 0.15) is 0 Å². The van der Waals surface area contributed by atoms with Crippen molar-refractivity contribution in [2.75, 3.05) is 13.2 Å². The molecule has 0 fully saturated rings. The Labute approximate surface area is 87.2 Å². The molecule has 0 unspecified atom stereocenters. The highest BCUT2D eigenvalue weighted by Gasteiger charge is 2.09. The molecular formula is C7H14N4O2S. The molecule has 80 valence electrons. The van der Waals surface area contributed by atoms with Crippen LogP contribution in [0.4, 0.5) is 0 Å². The first kappa shape index (κ1) is 11.3. The molecule has 0 aliphatic carbocycles. The Hall–Kier alpha value is -0.790. The molecular weight excluding hydrogens is 204 g/mol. The molecule has 6 nitrogen and oxygen atoms in total. The van der Waals surface area contributed by atoms with E-state index in [0.29, 0.717) is 24.5 Å². The second-order valence-electron chi connectivity index (χ2n) is 2.53. The third-order valence-corrected chi connectivity index (χ3v) is 1.87. The number of aromatic nitrogens is 4. The van der Waals surface area contributed by atoms with Crippen LogP contribution in [0.25, 0.3) is 0 Å². The van der Waals surface area contributed by atoms with Gasteiger partial charge in [-0.05, 0) is 26.1 Å². The molecule has 0 aromatic carbocycles. The van der Waals surface area contributed by atoms with Crippen molar-refractivity contribution in [1.29, 1.82) is 0 Å². The van der Waals surface area contributed by atoms with E-state index in [2.05, 4.69) is 15.5 Å². The van der Waals surface area contributed by atoms with Crippen LogP contribution in [0.5, 0.6) is 0 Å². The summed E-state index contributed by atoms with van der Waals surface area (Å²) in [6, 6.07) is 0. The summed E-state index contributed by atoms with van der Waals surface area (Å²) in [5, 5.41) is 9.86. The van der Waals surface area contributed by atoms with E-state index in [9.17, 15) is 0 Å². The Bertz CT molecular complexity index is 305. The first-order valence-electron chi connectivity index (χ1n) is 4.49. The minimum absolute atomic E-state index is 0.307. The summed E-state index contributed by atoms with van der Waals surface area (Å²) in [7, 11) is 0. The first-order valence-corrected chi connectivity index (χ1v) is 4.89. The molecule has 0 atom stereocenters. The number of H-pyrrole nitrogens is 1. The highest BCUT2D eigenvalue weighted by molar-refractivity contribution is 7.71. The van der Waals surface area contributed by atoms with E-state index in [1.165, 1.54) is 0 Å². The minimum atomic E-state index is -0.307. The van der Waals surface area contributed by atoms with Crippen molar-refractivity contribution in [2.45, 2.75) is 26.7 Å². The second kappa shape index (κ2) is 5.84. The van der Waals surface area contributed by atoms with E-state index < -0.39 is 0 Å². The molecule has 1 heterocycles. The van der Waals surface area contributed by atoms with Gasteiger partial charge in [0, 0.05) is 13.2 Å². The Balaban J connectivity index is 2.55. The van der Waals surface area contributed by atoms with Gasteiger partial charge in [-0.2, -0.15) is 5.21 Å². The molecule has 0 aliphatic rings. The largest absolute Gasteiger partial charge is 0.351 e. The first-order chi connectivity index (χ1) is 6.77. The lowest BCUT2D eigenvalue weighted by molar-refractivity contribution is -0.145.